The Hall–Kier alpha value is -1.37. The second kappa shape index (κ2) is 6.18. The molecule has 0 atom stereocenters. The summed E-state index contributed by atoms with van der Waals surface area (Å²) in [6.07, 6.45) is 3.24. The van der Waals surface area contributed by atoms with Gasteiger partial charge in [0.2, 0.25) is 0 Å². The standard InChI is InChI=1S/C12H20N4O2S/c1-2-3-9-10(13)11(16-15-9)12(17)14-8-4-6-19(18)7-5-8/h8H,2-7,13H2,1H3,(H,14,17)(H,15,16). The maximum absolute atomic E-state index is 12.1. The first-order valence-electron chi connectivity index (χ1n) is 6.60. The van der Waals surface area contributed by atoms with Crippen LogP contribution < -0.4 is 11.1 Å². The Morgan fingerprint density at radius 2 is 2.21 bits per heavy atom. The average molecular weight is 284 g/mol. The lowest BCUT2D eigenvalue weighted by atomic mass is 10.1. The highest BCUT2D eigenvalue weighted by molar-refractivity contribution is 7.85. The Balaban J connectivity index is 1.98. The third kappa shape index (κ3) is 3.34. The van der Waals surface area contributed by atoms with Crippen molar-refractivity contribution in [3.8, 4) is 0 Å². The molecule has 4 N–H and O–H groups in total. The molecule has 1 fully saturated rings. The van der Waals surface area contributed by atoms with Crippen LogP contribution in [-0.4, -0.2) is 37.9 Å². The van der Waals surface area contributed by atoms with Crippen LogP contribution in [0.3, 0.4) is 0 Å². The molecule has 2 heterocycles. The lowest BCUT2D eigenvalue weighted by molar-refractivity contribution is 0.0930. The minimum atomic E-state index is -0.721. The van der Waals surface area contributed by atoms with Crippen LogP contribution in [0.5, 0.6) is 0 Å². The van der Waals surface area contributed by atoms with Crippen LogP contribution >= 0.6 is 0 Å². The number of carbonyl (C=O) groups excluding carboxylic acids is 1. The molecule has 1 aliphatic heterocycles. The number of anilines is 1. The molecule has 6 nitrogen and oxygen atoms in total. The highest BCUT2D eigenvalue weighted by Gasteiger charge is 2.23. The fourth-order valence-corrected chi connectivity index (χ4v) is 3.49. The van der Waals surface area contributed by atoms with Crippen molar-refractivity contribution in [1.29, 1.82) is 0 Å². The molecule has 19 heavy (non-hydrogen) atoms. The van der Waals surface area contributed by atoms with Gasteiger partial charge in [-0.25, -0.2) is 0 Å². The number of hydrogen-bond acceptors (Lipinski definition) is 4. The third-order valence-corrected chi connectivity index (χ3v) is 4.70. The van der Waals surface area contributed by atoms with Gasteiger partial charge in [-0.1, -0.05) is 13.3 Å². The largest absolute Gasteiger partial charge is 0.395 e. The summed E-state index contributed by atoms with van der Waals surface area (Å²) in [5.74, 6) is 1.07. The molecule has 0 aliphatic carbocycles. The highest BCUT2D eigenvalue weighted by Crippen LogP contribution is 2.16. The van der Waals surface area contributed by atoms with Crippen molar-refractivity contribution >= 4 is 22.4 Å². The summed E-state index contributed by atoms with van der Waals surface area (Å²) < 4.78 is 11.3. The number of carbonyl (C=O) groups is 1. The van der Waals surface area contributed by atoms with E-state index in [2.05, 4.69) is 15.5 Å². The van der Waals surface area contributed by atoms with E-state index in [-0.39, 0.29) is 17.6 Å². The summed E-state index contributed by atoms with van der Waals surface area (Å²) in [7, 11) is -0.721. The molecule has 7 heteroatoms. The quantitative estimate of drug-likeness (QED) is 0.753. The zero-order chi connectivity index (χ0) is 13.8. The number of nitrogens with one attached hydrogen (secondary N) is 2. The molecule has 1 amide bonds. The molecule has 1 aromatic heterocycles. The molecular formula is C12H20N4O2S. The van der Waals surface area contributed by atoms with Gasteiger partial charge in [0.05, 0.1) is 11.4 Å². The third-order valence-electron chi connectivity index (χ3n) is 3.32. The van der Waals surface area contributed by atoms with Crippen LogP contribution in [0.4, 0.5) is 5.69 Å². The number of aromatic amines is 1. The number of aromatic nitrogens is 2. The van der Waals surface area contributed by atoms with Gasteiger partial charge in [-0.05, 0) is 19.3 Å². The zero-order valence-electron chi connectivity index (χ0n) is 11.1. The molecular weight excluding hydrogens is 264 g/mol. The van der Waals surface area contributed by atoms with Crippen molar-refractivity contribution in [2.45, 2.75) is 38.6 Å². The Labute approximate surface area is 115 Å². The second-order valence-electron chi connectivity index (χ2n) is 4.81. The number of aryl methyl sites for hydroxylation is 1. The number of amides is 1. The molecule has 0 aromatic carbocycles. The summed E-state index contributed by atoms with van der Waals surface area (Å²) in [6, 6.07) is 0.0796. The van der Waals surface area contributed by atoms with Gasteiger partial charge >= 0.3 is 0 Å². The van der Waals surface area contributed by atoms with E-state index in [1.165, 1.54) is 0 Å². The van der Waals surface area contributed by atoms with E-state index in [0.717, 1.165) is 31.4 Å². The SMILES string of the molecule is CCCc1[nH]nc(C(=O)NC2CCS(=O)CC2)c1N. The normalized spacial score (nSPS) is 23.2. The fraction of sp³-hybridized carbons (Fsp3) is 0.667. The second-order valence-corrected chi connectivity index (χ2v) is 6.51. The Morgan fingerprint density at radius 3 is 2.84 bits per heavy atom. The molecule has 2 rings (SSSR count). The predicted octanol–water partition coefficient (Wildman–Crippen LogP) is 0.585. The van der Waals surface area contributed by atoms with Crippen LogP contribution in [0.25, 0.3) is 0 Å². The van der Waals surface area contributed by atoms with Crippen molar-refractivity contribution in [1.82, 2.24) is 15.5 Å². The maximum Gasteiger partial charge on any atom is 0.274 e. The number of H-pyrrole nitrogens is 1. The van der Waals surface area contributed by atoms with Gasteiger partial charge in [0.25, 0.3) is 5.91 Å². The minimum Gasteiger partial charge on any atom is -0.395 e. The number of hydrogen-bond donors (Lipinski definition) is 3. The Morgan fingerprint density at radius 1 is 1.53 bits per heavy atom. The maximum atomic E-state index is 12.1. The van der Waals surface area contributed by atoms with Crippen molar-refractivity contribution in [3.63, 3.8) is 0 Å². The fourth-order valence-electron chi connectivity index (χ4n) is 2.19. The summed E-state index contributed by atoms with van der Waals surface area (Å²) in [4.78, 5) is 12.1. The van der Waals surface area contributed by atoms with Gasteiger partial charge in [0.1, 0.15) is 0 Å². The lowest BCUT2D eigenvalue weighted by Gasteiger charge is -2.22. The van der Waals surface area contributed by atoms with Crippen LogP contribution in [0.1, 0.15) is 42.4 Å². The number of nitrogens with two attached hydrogens (primary N) is 1. The van der Waals surface area contributed by atoms with Gasteiger partial charge in [-0.2, -0.15) is 5.10 Å². The molecule has 0 bridgehead atoms. The molecule has 0 radical (unpaired) electrons. The van der Waals surface area contributed by atoms with E-state index in [1.54, 1.807) is 0 Å². The first-order valence-corrected chi connectivity index (χ1v) is 8.09. The van der Waals surface area contributed by atoms with Crippen LogP contribution in [-0.2, 0) is 17.2 Å². The molecule has 0 unspecified atom stereocenters. The van der Waals surface area contributed by atoms with Gasteiger partial charge in [-0.3, -0.25) is 14.1 Å². The van der Waals surface area contributed by atoms with E-state index in [1.807, 2.05) is 6.92 Å². The Bertz CT molecular complexity index is 476. The average Bonchev–Trinajstić information content (AvgIpc) is 2.75. The molecule has 0 spiro atoms. The summed E-state index contributed by atoms with van der Waals surface area (Å²) >= 11 is 0. The molecule has 106 valence electrons. The van der Waals surface area contributed by atoms with Crippen molar-refractivity contribution in [2.24, 2.45) is 0 Å². The van der Waals surface area contributed by atoms with E-state index in [9.17, 15) is 9.00 Å². The van der Waals surface area contributed by atoms with Gasteiger partial charge in [0.15, 0.2) is 5.69 Å². The van der Waals surface area contributed by atoms with Gasteiger partial charge in [-0.15, -0.1) is 0 Å². The smallest absolute Gasteiger partial charge is 0.274 e. The van der Waals surface area contributed by atoms with E-state index in [0.29, 0.717) is 17.2 Å². The first kappa shape index (κ1) is 14.0. The number of rotatable bonds is 4. The topological polar surface area (TPSA) is 101 Å². The Kier molecular flexibility index (Phi) is 4.57. The predicted molar refractivity (Wildman–Crippen MR) is 75.4 cm³/mol. The molecule has 1 aliphatic rings. The van der Waals surface area contributed by atoms with Crippen molar-refractivity contribution in [2.75, 3.05) is 17.2 Å². The van der Waals surface area contributed by atoms with Crippen LogP contribution in [0.15, 0.2) is 0 Å². The number of nitrogen functional groups attached to an aromatic ring is 1. The molecule has 0 saturated carbocycles. The zero-order valence-corrected chi connectivity index (χ0v) is 11.9. The van der Waals surface area contributed by atoms with E-state index >= 15 is 0 Å². The minimum absolute atomic E-state index is 0.0796. The summed E-state index contributed by atoms with van der Waals surface area (Å²) in [6.45, 7) is 2.04. The highest BCUT2D eigenvalue weighted by atomic mass is 32.2. The van der Waals surface area contributed by atoms with Crippen LogP contribution in [0.2, 0.25) is 0 Å². The van der Waals surface area contributed by atoms with Crippen molar-refractivity contribution < 1.29 is 9.00 Å². The summed E-state index contributed by atoms with van der Waals surface area (Å²) in [5.41, 5.74) is 7.45. The summed E-state index contributed by atoms with van der Waals surface area (Å²) in [5, 5.41) is 9.72. The van der Waals surface area contributed by atoms with Gasteiger partial charge in [0, 0.05) is 28.3 Å². The first-order chi connectivity index (χ1) is 9.11. The van der Waals surface area contributed by atoms with Crippen molar-refractivity contribution in [3.05, 3.63) is 11.4 Å². The monoisotopic (exact) mass is 284 g/mol. The van der Waals surface area contributed by atoms with E-state index in [4.69, 9.17) is 5.73 Å². The van der Waals surface area contributed by atoms with Crippen LogP contribution in [0, 0.1) is 0 Å². The van der Waals surface area contributed by atoms with Gasteiger partial charge < -0.3 is 11.1 Å². The number of nitrogens with zero attached hydrogens (tertiary/aromatic N) is 1. The lowest BCUT2D eigenvalue weighted by Crippen LogP contribution is -2.39. The molecule has 1 saturated heterocycles. The van der Waals surface area contributed by atoms with E-state index < -0.39 is 10.8 Å². The molecule has 1 aromatic rings.